The summed E-state index contributed by atoms with van der Waals surface area (Å²) in [5, 5.41) is 0. The first-order chi connectivity index (χ1) is 15.8. The lowest BCUT2D eigenvalue weighted by Crippen LogP contribution is -2.62. The van der Waals surface area contributed by atoms with Crippen molar-refractivity contribution in [2.45, 2.75) is 46.3 Å². The Labute approximate surface area is 198 Å². The molecule has 0 saturated heterocycles. The van der Waals surface area contributed by atoms with Gasteiger partial charge in [0.05, 0.1) is 0 Å². The van der Waals surface area contributed by atoms with Crippen LogP contribution in [0.4, 0.5) is 17.1 Å². The van der Waals surface area contributed by atoms with Crippen LogP contribution < -0.4 is 21.3 Å². The quantitative estimate of drug-likeness (QED) is 0.304. The summed E-state index contributed by atoms with van der Waals surface area (Å²) in [5.74, 6) is 0. The Kier molecular flexibility index (Phi) is 4.13. The third-order valence-corrected chi connectivity index (χ3v) is 9.58. The topological polar surface area (TPSA) is 3.24 Å². The lowest BCUT2D eigenvalue weighted by atomic mass is 9.34. The van der Waals surface area contributed by atoms with Crippen LogP contribution in [0, 0.1) is 0 Å². The average molecular weight is 447 g/mol. The van der Waals surface area contributed by atoms with Crippen LogP contribution in [0.15, 0.2) is 92.4 Å². The Hall–Kier alpha value is -2.56. The molecule has 7 rings (SSSR count). The van der Waals surface area contributed by atoms with Crippen LogP contribution >= 0.6 is 23.5 Å². The highest BCUT2D eigenvalue weighted by atomic mass is 32.2. The fourth-order valence-electron chi connectivity index (χ4n) is 5.67. The van der Waals surface area contributed by atoms with Crippen LogP contribution in [0.2, 0.25) is 0 Å². The molecule has 154 valence electrons. The van der Waals surface area contributed by atoms with Gasteiger partial charge in [0.25, 0.3) is 6.71 Å². The maximum atomic E-state index is 2.48. The normalized spacial score (nSPS) is 14.4. The Bertz CT molecular complexity index is 1330. The van der Waals surface area contributed by atoms with E-state index in [0.29, 0.717) is 6.71 Å². The van der Waals surface area contributed by atoms with Gasteiger partial charge in [-0.25, -0.2) is 0 Å². The van der Waals surface area contributed by atoms with Gasteiger partial charge < -0.3 is 4.90 Å². The molecule has 1 nitrogen and oxygen atoms in total. The van der Waals surface area contributed by atoms with E-state index < -0.39 is 0 Å². The largest absolute Gasteiger partial charge is 0.311 e. The summed E-state index contributed by atoms with van der Waals surface area (Å²) in [5.41, 5.74) is 11.5. The Morgan fingerprint density at radius 1 is 0.656 bits per heavy atom. The predicted octanol–water partition coefficient (Wildman–Crippen LogP) is 6.04. The molecule has 0 radical (unpaired) electrons. The first kappa shape index (κ1) is 19.0. The zero-order valence-corrected chi connectivity index (χ0v) is 19.8. The lowest BCUT2D eigenvalue weighted by molar-refractivity contribution is 1.01. The molecular weight excluding hydrogens is 425 g/mol. The van der Waals surface area contributed by atoms with E-state index in [1.54, 1.807) is 5.46 Å². The van der Waals surface area contributed by atoms with Crippen molar-refractivity contribution in [3.05, 3.63) is 83.9 Å². The van der Waals surface area contributed by atoms with Gasteiger partial charge in [0, 0.05) is 36.6 Å². The van der Waals surface area contributed by atoms with Gasteiger partial charge in [-0.3, -0.25) is 0 Å². The van der Waals surface area contributed by atoms with Gasteiger partial charge in [-0.1, -0.05) is 73.8 Å². The Morgan fingerprint density at radius 2 is 1.22 bits per heavy atom. The number of benzene rings is 4. The number of rotatable bonds is 3. The summed E-state index contributed by atoms with van der Waals surface area (Å²) < 4.78 is 0. The van der Waals surface area contributed by atoms with Gasteiger partial charge in [-0.15, -0.1) is 0 Å². The minimum Gasteiger partial charge on any atom is -0.311 e. The molecule has 4 heteroatoms. The predicted molar refractivity (Wildman–Crippen MR) is 139 cm³/mol. The molecule has 0 aromatic heterocycles. The van der Waals surface area contributed by atoms with Crippen LogP contribution in [-0.2, 0) is 12.8 Å². The van der Waals surface area contributed by atoms with Crippen LogP contribution in [-0.4, -0.2) is 6.71 Å². The molecule has 0 aliphatic carbocycles. The molecule has 0 amide bonds. The zero-order valence-electron chi connectivity index (χ0n) is 18.2. The second kappa shape index (κ2) is 6.97. The van der Waals surface area contributed by atoms with E-state index in [2.05, 4.69) is 91.5 Å². The summed E-state index contributed by atoms with van der Waals surface area (Å²) in [7, 11) is 0. The highest BCUT2D eigenvalue weighted by Crippen LogP contribution is 2.48. The zero-order chi connectivity index (χ0) is 21.4. The maximum Gasteiger partial charge on any atom is 0.252 e. The molecule has 32 heavy (non-hydrogen) atoms. The third kappa shape index (κ3) is 2.40. The number of aryl methyl sites for hydroxylation is 2. The lowest BCUT2D eigenvalue weighted by Gasteiger charge is -2.44. The molecule has 0 bridgehead atoms. The van der Waals surface area contributed by atoms with Crippen molar-refractivity contribution in [3.63, 3.8) is 0 Å². The fourth-order valence-corrected chi connectivity index (χ4v) is 8.46. The van der Waals surface area contributed by atoms with Crippen molar-refractivity contribution in [2.75, 3.05) is 4.90 Å². The number of hydrogen-bond acceptors (Lipinski definition) is 3. The van der Waals surface area contributed by atoms with Crippen molar-refractivity contribution in [1.82, 2.24) is 0 Å². The standard InChI is InChI=1S/C28H22BNS2/c1-3-17-16-18(4-2)28-26-27(17)31-22-14-8-12-20-24(22)29(26)25-21(13-9-15-23(25)32-28)30(20)19-10-6-5-7-11-19/h5-16H,3-4H2,1-2H3. The number of hydrogen-bond donors (Lipinski definition) is 0. The van der Waals surface area contributed by atoms with E-state index in [0.717, 1.165) is 12.8 Å². The van der Waals surface area contributed by atoms with Gasteiger partial charge >= 0.3 is 0 Å². The smallest absolute Gasteiger partial charge is 0.252 e. The summed E-state index contributed by atoms with van der Waals surface area (Å²) in [4.78, 5) is 8.33. The molecule has 0 fully saturated rings. The average Bonchev–Trinajstić information content (AvgIpc) is 2.85. The van der Waals surface area contributed by atoms with E-state index >= 15 is 0 Å². The van der Waals surface area contributed by atoms with Crippen LogP contribution in [0.1, 0.15) is 25.0 Å². The van der Waals surface area contributed by atoms with Crippen molar-refractivity contribution >= 4 is 63.7 Å². The highest BCUT2D eigenvalue weighted by molar-refractivity contribution is 8.01. The van der Waals surface area contributed by atoms with Crippen LogP contribution in [0.5, 0.6) is 0 Å². The van der Waals surface area contributed by atoms with Gasteiger partial charge in [0.15, 0.2) is 0 Å². The SMILES string of the molecule is CCc1cc(CC)c2c3c1Sc1cccc4c1B3c1c(cccc1N4c1ccccc1)S2. The number of nitrogens with zero attached hydrogens (tertiary/aromatic N) is 1. The second-order valence-corrected chi connectivity index (χ2v) is 10.8. The van der Waals surface area contributed by atoms with Gasteiger partial charge in [-0.05, 0) is 76.8 Å². The van der Waals surface area contributed by atoms with Gasteiger partial charge in [0.1, 0.15) is 0 Å². The van der Waals surface area contributed by atoms with E-state index in [9.17, 15) is 0 Å². The molecule has 0 spiro atoms. The minimum atomic E-state index is 0.330. The molecule has 0 atom stereocenters. The molecule has 3 aliphatic rings. The van der Waals surface area contributed by atoms with Crippen molar-refractivity contribution in [1.29, 1.82) is 0 Å². The molecule has 0 saturated carbocycles. The van der Waals surface area contributed by atoms with E-state index in [-0.39, 0.29) is 0 Å². The molecule has 3 aliphatic heterocycles. The summed E-state index contributed by atoms with van der Waals surface area (Å²) in [6.07, 6.45) is 2.17. The van der Waals surface area contributed by atoms with E-state index in [4.69, 9.17) is 0 Å². The van der Waals surface area contributed by atoms with Crippen LogP contribution in [0.3, 0.4) is 0 Å². The van der Waals surface area contributed by atoms with Crippen molar-refractivity contribution in [3.8, 4) is 0 Å². The summed E-state index contributed by atoms with van der Waals surface area (Å²) in [6, 6.07) is 27.1. The molecule has 4 aromatic rings. The molecular formula is C28H22BNS2. The maximum absolute atomic E-state index is 2.48. The Balaban J connectivity index is 1.61. The van der Waals surface area contributed by atoms with E-state index in [1.165, 1.54) is 58.7 Å². The summed E-state index contributed by atoms with van der Waals surface area (Å²) in [6.45, 7) is 4.94. The van der Waals surface area contributed by atoms with Crippen LogP contribution in [0.25, 0.3) is 0 Å². The molecule has 0 unspecified atom stereocenters. The first-order valence-corrected chi connectivity index (χ1v) is 13.1. The summed E-state index contributed by atoms with van der Waals surface area (Å²) >= 11 is 3.99. The molecule has 0 N–H and O–H groups in total. The second-order valence-electron chi connectivity index (χ2n) is 8.66. The molecule has 3 heterocycles. The van der Waals surface area contributed by atoms with Crippen molar-refractivity contribution < 1.29 is 0 Å². The van der Waals surface area contributed by atoms with E-state index in [1.807, 2.05) is 23.5 Å². The van der Waals surface area contributed by atoms with Crippen molar-refractivity contribution in [2.24, 2.45) is 0 Å². The Morgan fingerprint density at radius 3 is 1.75 bits per heavy atom. The number of para-hydroxylation sites is 1. The minimum absolute atomic E-state index is 0.330. The highest BCUT2D eigenvalue weighted by Gasteiger charge is 2.46. The fraction of sp³-hybridized carbons (Fsp3) is 0.143. The number of anilines is 3. The third-order valence-electron chi connectivity index (χ3n) is 7.06. The molecule has 4 aromatic carbocycles. The first-order valence-electron chi connectivity index (χ1n) is 11.5. The van der Waals surface area contributed by atoms with Gasteiger partial charge in [-0.2, -0.15) is 0 Å². The monoisotopic (exact) mass is 447 g/mol. The van der Waals surface area contributed by atoms with Gasteiger partial charge in [0.2, 0.25) is 0 Å².